The van der Waals surface area contributed by atoms with E-state index in [2.05, 4.69) is 0 Å². The van der Waals surface area contributed by atoms with Crippen LogP contribution < -0.4 is 0 Å². The molecule has 120 valence electrons. The fraction of sp³-hybridized carbons (Fsp3) is 0.235. The van der Waals surface area contributed by atoms with Gasteiger partial charge in [-0.15, -0.1) is 0 Å². The van der Waals surface area contributed by atoms with E-state index in [1.165, 1.54) is 0 Å². The van der Waals surface area contributed by atoms with Crippen LogP contribution >= 0.6 is 0 Å². The zero-order valence-corrected chi connectivity index (χ0v) is 12.7. The molecule has 0 saturated heterocycles. The number of phenolic OH excluding ortho intramolecular Hbond substituents is 2. The number of phenols is 2. The van der Waals surface area contributed by atoms with Crippen LogP contribution in [0.25, 0.3) is 0 Å². The van der Waals surface area contributed by atoms with Crippen molar-refractivity contribution in [3.05, 3.63) is 46.6 Å². The smallest absolute Gasteiger partial charge is 0.293 e. The predicted molar refractivity (Wildman–Crippen MR) is 81.5 cm³/mol. The van der Waals surface area contributed by atoms with Crippen LogP contribution in [0.3, 0.4) is 0 Å². The Kier molecular flexibility index (Phi) is 4.64. The van der Waals surface area contributed by atoms with Crippen LogP contribution in [0.4, 0.5) is 0 Å². The number of carbonyl (C=O) groups excluding carboxylic acids is 3. The molecule has 0 radical (unpaired) electrons. The minimum absolute atomic E-state index is 0.0343. The molecule has 2 rings (SSSR count). The molecular formula is C17H16O6. The van der Waals surface area contributed by atoms with Crippen molar-refractivity contribution in [1.29, 1.82) is 0 Å². The lowest BCUT2D eigenvalue weighted by Crippen LogP contribution is -2.27. The summed E-state index contributed by atoms with van der Waals surface area (Å²) in [6.45, 7) is 3.90. The summed E-state index contributed by atoms with van der Waals surface area (Å²) in [6.07, 6.45) is 2.09. The summed E-state index contributed by atoms with van der Waals surface area (Å²) in [5.74, 6) is -2.07. The molecule has 0 fully saturated rings. The third kappa shape index (κ3) is 3.15. The second-order valence-corrected chi connectivity index (χ2v) is 5.38. The molecule has 1 aromatic rings. The van der Waals surface area contributed by atoms with Crippen LogP contribution in [-0.4, -0.2) is 34.4 Å². The highest BCUT2D eigenvalue weighted by atomic mass is 16.5. The average molecular weight is 316 g/mol. The van der Waals surface area contributed by atoms with Crippen molar-refractivity contribution >= 4 is 18.0 Å². The molecule has 0 bridgehead atoms. The zero-order chi connectivity index (χ0) is 17.1. The maximum atomic E-state index is 12.6. The van der Waals surface area contributed by atoms with E-state index in [1.807, 2.05) is 13.8 Å². The first-order valence-corrected chi connectivity index (χ1v) is 6.94. The standard InChI is InChI=1S/C17H16O6/c1-9(2)3-6-14(23-8-18)10-7-13(21)15-11(19)4-5-12(20)16(15)17(10)22/h3-5,7-8,14,19-20H,6H2,1-2H3. The Morgan fingerprint density at radius 2 is 1.78 bits per heavy atom. The van der Waals surface area contributed by atoms with Crippen molar-refractivity contribution < 1.29 is 29.3 Å². The van der Waals surface area contributed by atoms with Gasteiger partial charge in [-0.3, -0.25) is 14.4 Å². The number of ether oxygens (including phenoxy) is 1. The van der Waals surface area contributed by atoms with Gasteiger partial charge in [0.25, 0.3) is 6.47 Å². The van der Waals surface area contributed by atoms with Gasteiger partial charge in [-0.05, 0) is 32.1 Å². The molecule has 1 aromatic carbocycles. The lowest BCUT2D eigenvalue weighted by molar-refractivity contribution is -0.131. The number of allylic oxidation sites excluding steroid dienone is 2. The predicted octanol–water partition coefficient (Wildman–Crippen LogP) is 2.30. The van der Waals surface area contributed by atoms with Gasteiger partial charge in [0.1, 0.15) is 17.6 Å². The van der Waals surface area contributed by atoms with Gasteiger partial charge in [0.2, 0.25) is 0 Å². The van der Waals surface area contributed by atoms with E-state index in [0.29, 0.717) is 0 Å². The van der Waals surface area contributed by atoms with Crippen LogP contribution in [0.5, 0.6) is 11.5 Å². The number of fused-ring (bicyclic) bond motifs is 1. The number of benzene rings is 1. The van der Waals surface area contributed by atoms with Gasteiger partial charge >= 0.3 is 0 Å². The van der Waals surface area contributed by atoms with E-state index in [-0.39, 0.29) is 35.3 Å². The van der Waals surface area contributed by atoms with E-state index in [4.69, 9.17) is 4.74 Å². The molecule has 1 unspecified atom stereocenters. The molecule has 1 aliphatic rings. The van der Waals surface area contributed by atoms with Crippen molar-refractivity contribution in [1.82, 2.24) is 0 Å². The van der Waals surface area contributed by atoms with E-state index in [0.717, 1.165) is 23.8 Å². The molecule has 1 atom stereocenters. The first kappa shape index (κ1) is 16.5. The average Bonchev–Trinajstić information content (AvgIpc) is 2.49. The third-order valence-corrected chi connectivity index (χ3v) is 3.49. The van der Waals surface area contributed by atoms with E-state index < -0.39 is 23.4 Å². The van der Waals surface area contributed by atoms with Gasteiger partial charge in [0.05, 0.1) is 11.1 Å². The maximum absolute atomic E-state index is 12.6. The monoisotopic (exact) mass is 316 g/mol. The minimum Gasteiger partial charge on any atom is -0.507 e. The quantitative estimate of drug-likeness (QED) is 0.491. The maximum Gasteiger partial charge on any atom is 0.293 e. The Morgan fingerprint density at radius 3 is 2.35 bits per heavy atom. The number of carbonyl (C=O) groups is 3. The molecule has 6 heteroatoms. The molecule has 0 aromatic heterocycles. The Balaban J connectivity index is 2.50. The highest BCUT2D eigenvalue weighted by molar-refractivity contribution is 6.27. The van der Waals surface area contributed by atoms with Gasteiger partial charge in [-0.2, -0.15) is 0 Å². The molecular weight excluding hydrogens is 300 g/mol. The van der Waals surface area contributed by atoms with Gasteiger partial charge < -0.3 is 14.9 Å². The summed E-state index contributed by atoms with van der Waals surface area (Å²) in [5.41, 5.74) is 0.406. The summed E-state index contributed by atoms with van der Waals surface area (Å²) in [4.78, 5) is 35.5. The van der Waals surface area contributed by atoms with Crippen LogP contribution in [0, 0.1) is 0 Å². The van der Waals surface area contributed by atoms with Crippen molar-refractivity contribution in [2.75, 3.05) is 0 Å². The number of hydrogen-bond donors (Lipinski definition) is 2. The van der Waals surface area contributed by atoms with Gasteiger partial charge in [-0.1, -0.05) is 11.6 Å². The minimum atomic E-state index is -0.936. The van der Waals surface area contributed by atoms with Crippen LogP contribution in [0.15, 0.2) is 35.4 Å². The molecule has 2 N–H and O–H groups in total. The second-order valence-electron chi connectivity index (χ2n) is 5.38. The normalized spacial score (nSPS) is 14.6. The zero-order valence-electron chi connectivity index (χ0n) is 12.7. The first-order chi connectivity index (χ1) is 10.9. The number of Topliss-reactive ketones (excluding diaryl/α,β-unsaturated/α-hetero) is 1. The second kappa shape index (κ2) is 6.48. The van der Waals surface area contributed by atoms with Crippen molar-refractivity contribution in [2.45, 2.75) is 26.4 Å². The summed E-state index contributed by atoms with van der Waals surface area (Å²) in [6, 6.07) is 2.27. The Morgan fingerprint density at radius 1 is 1.17 bits per heavy atom. The molecule has 6 nitrogen and oxygen atoms in total. The number of rotatable bonds is 5. The van der Waals surface area contributed by atoms with Crippen LogP contribution in [-0.2, 0) is 9.53 Å². The highest BCUT2D eigenvalue weighted by Crippen LogP contribution is 2.36. The van der Waals surface area contributed by atoms with Crippen molar-refractivity contribution in [3.8, 4) is 11.5 Å². The third-order valence-electron chi connectivity index (χ3n) is 3.49. The molecule has 0 aliphatic heterocycles. The van der Waals surface area contributed by atoms with Gasteiger partial charge in [-0.25, -0.2) is 0 Å². The highest BCUT2D eigenvalue weighted by Gasteiger charge is 2.34. The summed E-state index contributed by atoms with van der Waals surface area (Å²) in [7, 11) is 0. The Bertz CT molecular complexity index is 738. The van der Waals surface area contributed by atoms with E-state index in [9.17, 15) is 24.6 Å². The lowest BCUT2D eigenvalue weighted by Gasteiger charge is -2.22. The molecule has 23 heavy (non-hydrogen) atoms. The van der Waals surface area contributed by atoms with Crippen molar-refractivity contribution in [3.63, 3.8) is 0 Å². The Hall–Kier alpha value is -2.89. The fourth-order valence-electron chi connectivity index (χ4n) is 2.39. The first-order valence-electron chi connectivity index (χ1n) is 6.94. The number of hydrogen-bond acceptors (Lipinski definition) is 6. The largest absolute Gasteiger partial charge is 0.507 e. The fourth-order valence-corrected chi connectivity index (χ4v) is 2.39. The number of ketones is 2. The number of aromatic hydroxyl groups is 2. The summed E-state index contributed by atoms with van der Waals surface area (Å²) >= 11 is 0. The van der Waals surface area contributed by atoms with Crippen LogP contribution in [0.1, 0.15) is 41.0 Å². The van der Waals surface area contributed by atoms with E-state index >= 15 is 0 Å². The Labute approximate surface area is 132 Å². The van der Waals surface area contributed by atoms with E-state index in [1.54, 1.807) is 6.08 Å². The van der Waals surface area contributed by atoms with Crippen LogP contribution in [0.2, 0.25) is 0 Å². The molecule has 1 aliphatic carbocycles. The summed E-state index contributed by atoms with van der Waals surface area (Å²) < 4.78 is 4.93. The topological polar surface area (TPSA) is 101 Å². The lowest BCUT2D eigenvalue weighted by atomic mass is 9.85. The molecule has 0 amide bonds. The van der Waals surface area contributed by atoms with Gasteiger partial charge in [0.15, 0.2) is 11.6 Å². The van der Waals surface area contributed by atoms with Gasteiger partial charge in [0, 0.05) is 12.0 Å². The molecule has 0 saturated carbocycles. The SMILES string of the molecule is CC(C)=CCC(OC=O)C1=CC(=O)c2c(O)ccc(O)c2C1=O. The molecule has 0 spiro atoms. The van der Waals surface area contributed by atoms with Crippen molar-refractivity contribution in [2.24, 2.45) is 0 Å². The summed E-state index contributed by atoms with van der Waals surface area (Å²) in [5, 5.41) is 19.6. The molecule has 0 heterocycles.